The lowest BCUT2D eigenvalue weighted by atomic mass is 10.0. The number of nitrogens with zero attached hydrogens (tertiary/aromatic N) is 3. The minimum atomic E-state index is -1.23. The van der Waals surface area contributed by atoms with Gasteiger partial charge in [0.2, 0.25) is 0 Å². The standard InChI is InChI=1S/C26H34BrN3O4Si/c1-35(2,3)17-16-33-20-30(25-23(27)10-7-13-28-25)24(31)18-21-11-14-29(15-12-21)26(32)34-19-22-8-5-4-6-9-22/h4-10,13,18H,11-12,14-17,19-20H2,1-3H3. The summed E-state index contributed by atoms with van der Waals surface area (Å²) in [7, 11) is -1.23. The number of carbonyl (C=O) groups is 2. The fourth-order valence-electron chi connectivity index (χ4n) is 3.52. The molecule has 1 aromatic carbocycles. The first-order chi connectivity index (χ1) is 16.7. The number of pyridine rings is 1. The fraction of sp³-hybridized carbons (Fsp3) is 0.423. The molecule has 2 amide bonds. The maximum absolute atomic E-state index is 13.2. The zero-order chi connectivity index (χ0) is 25.3. The average Bonchev–Trinajstić information content (AvgIpc) is 2.83. The number of rotatable bonds is 9. The average molecular weight is 561 g/mol. The Morgan fingerprint density at radius 1 is 1.11 bits per heavy atom. The van der Waals surface area contributed by atoms with E-state index in [2.05, 4.69) is 40.6 Å². The molecular formula is C26H34BrN3O4Si. The Morgan fingerprint density at radius 2 is 1.83 bits per heavy atom. The molecule has 0 saturated carbocycles. The van der Waals surface area contributed by atoms with Gasteiger partial charge in [0, 0.05) is 40.0 Å². The molecule has 0 N–H and O–H groups in total. The summed E-state index contributed by atoms with van der Waals surface area (Å²) in [5.74, 6) is 0.358. The monoisotopic (exact) mass is 559 g/mol. The van der Waals surface area contributed by atoms with Crippen LogP contribution in [0.15, 0.2) is 64.8 Å². The van der Waals surface area contributed by atoms with E-state index >= 15 is 0 Å². The number of halogens is 1. The number of piperidine rings is 1. The summed E-state index contributed by atoms with van der Waals surface area (Å²) in [6, 6.07) is 14.3. The van der Waals surface area contributed by atoms with E-state index in [1.807, 2.05) is 42.5 Å². The molecule has 1 aliphatic heterocycles. The Hall–Kier alpha value is -2.49. The maximum Gasteiger partial charge on any atom is 0.410 e. The molecule has 1 saturated heterocycles. The van der Waals surface area contributed by atoms with Crippen LogP contribution in [0.25, 0.3) is 0 Å². The van der Waals surface area contributed by atoms with Crippen molar-refractivity contribution in [3.8, 4) is 0 Å². The van der Waals surface area contributed by atoms with Gasteiger partial charge in [0.25, 0.3) is 5.91 Å². The molecule has 7 nitrogen and oxygen atoms in total. The minimum absolute atomic E-state index is 0.140. The highest BCUT2D eigenvalue weighted by molar-refractivity contribution is 9.10. The Balaban J connectivity index is 1.57. The largest absolute Gasteiger partial charge is 0.445 e. The molecule has 0 aliphatic carbocycles. The zero-order valence-electron chi connectivity index (χ0n) is 20.7. The number of hydrogen-bond donors (Lipinski definition) is 0. The van der Waals surface area contributed by atoms with Gasteiger partial charge in [-0.2, -0.15) is 0 Å². The van der Waals surface area contributed by atoms with Crippen molar-refractivity contribution < 1.29 is 19.1 Å². The molecule has 35 heavy (non-hydrogen) atoms. The van der Waals surface area contributed by atoms with Gasteiger partial charge >= 0.3 is 6.09 Å². The number of carbonyl (C=O) groups excluding carboxylic acids is 2. The van der Waals surface area contributed by atoms with Gasteiger partial charge in [0.15, 0.2) is 5.82 Å². The van der Waals surface area contributed by atoms with Crippen molar-refractivity contribution in [1.29, 1.82) is 0 Å². The van der Waals surface area contributed by atoms with E-state index in [1.165, 1.54) is 0 Å². The number of ether oxygens (including phenoxy) is 2. The van der Waals surface area contributed by atoms with E-state index in [0.717, 1.165) is 21.7 Å². The second-order valence-corrected chi connectivity index (χ2v) is 16.2. The van der Waals surface area contributed by atoms with E-state index in [9.17, 15) is 9.59 Å². The molecule has 3 rings (SSSR count). The molecule has 188 valence electrons. The molecule has 0 radical (unpaired) electrons. The molecule has 1 aromatic heterocycles. The quantitative estimate of drug-likeness (QED) is 0.167. The molecule has 2 aromatic rings. The van der Waals surface area contributed by atoms with Crippen LogP contribution in [0.4, 0.5) is 10.6 Å². The van der Waals surface area contributed by atoms with Gasteiger partial charge < -0.3 is 14.4 Å². The first-order valence-corrected chi connectivity index (χ1v) is 16.4. The minimum Gasteiger partial charge on any atom is -0.445 e. The molecular weight excluding hydrogens is 526 g/mol. The molecule has 0 atom stereocenters. The van der Waals surface area contributed by atoms with Crippen molar-refractivity contribution in [3.63, 3.8) is 0 Å². The number of hydrogen-bond acceptors (Lipinski definition) is 5. The van der Waals surface area contributed by atoms with E-state index in [4.69, 9.17) is 9.47 Å². The second kappa shape index (κ2) is 13.0. The van der Waals surface area contributed by atoms with Gasteiger partial charge in [0.05, 0.1) is 4.47 Å². The van der Waals surface area contributed by atoms with Crippen LogP contribution in [0.5, 0.6) is 0 Å². The smallest absolute Gasteiger partial charge is 0.410 e. The molecule has 9 heteroatoms. The van der Waals surface area contributed by atoms with Crippen molar-refractivity contribution in [2.24, 2.45) is 0 Å². The SMILES string of the molecule is C[Si](C)(C)CCOCN(C(=O)C=C1CCN(C(=O)OCc2ccccc2)CC1)c1ncccc1Br. The third-order valence-corrected chi connectivity index (χ3v) is 8.00. The van der Waals surface area contributed by atoms with Gasteiger partial charge in [-0.05, 0) is 52.5 Å². The number of amides is 2. The second-order valence-electron chi connectivity index (χ2n) is 9.75. The first kappa shape index (κ1) is 27.1. The lowest BCUT2D eigenvalue weighted by Gasteiger charge is -2.28. The summed E-state index contributed by atoms with van der Waals surface area (Å²) in [5, 5.41) is 0. The Labute approximate surface area is 217 Å². The summed E-state index contributed by atoms with van der Waals surface area (Å²) in [6.45, 7) is 8.93. The van der Waals surface area contributed by atoms with Crippen molar-refractivity contribution in [3.05, 3.63) is 70.3 Å². The lowest BCUT2D eigenvalue weighted by Crippen LogP contribution is -2.37. The fourth-order valence-corrected chi connectivity index (χ4v) is 4.75. The zero-order valence-corrected chi connectivity index (χ0v) is 23.3. The van der Waals surface area contributed by atoms with Crippen LogP contribution < -0.4 is 4.90 Å². The van der Waals surface area contributed by atoms with Crippen LogP contribution in [0, 0.1) is 0 Å². The van der Waals surface area contributed by atoms with E-state index < -0.39 is 8.07 Å². The molecule has 0 bridgehead atoms. The summed E-state index contributed by atoms with van der Waals surface area (Å²) in [4.78, 5) is 33.3. The Bertz CT molecular complexity index is 1020. The maximum atomic E-state index is 13.2. The van der Waals surface area contributed by atoms with Crippen molar-refractivity contribution in [1.82, 2.24) is 9.88 Å². The predicted octanol–water partition coefficient (Wildman–Crippen LogP) is 5.85. The van der Waals surface area contributed by atoms with Crippen LogP contribution >= 0.6 is 15.9 Å². The predicted molar refractivity (Wildman–Crippen MR) is 144 cm³/mol. The highest BCUT2D eigenvalue weighted by Crippen LogP contribution is 2.25. The summed E-state index contributed by atoms with van der Waals surface area (Å²) in [5.41, 5.74) is 1.96. The van der Waals surface area contributed by atoms with Crippen LogP contribution in [0.1, 0.15) is 18.4 Å². The third kappa shape index (κ3) is 8.90. The van der Waals surface area contributed by atoms with E-state index in [-0.39, 0.29) is 25.3 Å². The summed E-state index contributed by atoms with van der Waals surface area (Å²) < 4.78 is 12.1. The molecule has 0 spiro atoms. The molecule has 1 aliphatic rings. The highest BCUT2D eigenvalue weighted by atomic mass is 79.9. The number of anilines is 1. The van der Waals surface area contributed by atoms with Gasteiger partial charge in [-0.1, -0.05) is 55.5 Å². The van der Waals surface area contributed by atoms with E-state index in [0.29, 0.717) is 38.4 Å². The van der Waals surface area contributed by atoms with Crippen LogP contribution in [-0.4, -0.2) is 56.4 Å². The third-order valence-electron chi connectivity index (χ3n) is 5.67. The van der Waals surface area contributed by atoms with Crippen molar-refractivity contribution in [2.75, 3.05) is 31.3 Å². The van der Waals surface area contributed by atoms with Crippen LogP contribution in [0.2, 0.25) is 25.7 Å². The number of likely N-dealkylation sites (tertiary alicyclic amines) is 1. The summed E-state index contributed by atoms with van der Waals surface area (Å²) >= 11 is 3.50. The Kier molecular flexibility index (Phi) is 10.1. The molecule has 2 heterocycles. The van der Waals surface area contributed by atoms with E-state index in [1.54, 1.807) is 22.1 Å². The van der Waals surface area contributed by atoms with Crippen LogP contribution in [0.3, 0.4) is 0 Å². The lowest BCUT2D eigenvalue weighted by molar-refractivity contribution is -0.115. The van der Waals surface area contributed by atoms with Gasteiger partial charge in [-0.25, -0.2) is 9.78 Å². The van der Waals surface area contributed by atoms with Gasteiger partial charge in [0.1, 0.15) is 13.3 Å². The number of benzene rings is 1. The topological polar surface area (TPSA) is 72.0 Å². The van der Waals surface area contributed by atoms with Gasteiger partial charge in [-0.3, -0.25) is 9.69 Å². The molecule has 1 fully saturated rings. The number of aromatic nitrogens is 1. The normalized spacial score (nSPS) is 13.9. The van der Waals surface area contributed by atoms with Crippen molar-refractivity contribution in [2.45, 2.75) is 45.1 Å². The van der Waals surface area contributed by atoms with Crippen LogP contribution in [-0.2, 0) is 20.9 Å². The first-order valence-electron chi connectivity index (χ1n) is 11.9. The van der Waals surface area contributed by atoms with Gasteiger partial charge in [-0.15, -0.1) is 0 Å². The van der Waals surface area contributed by atoms with Crippen molar-refractivity contribution >= 4 is 41.8 Å². The Morgan fingerprint density at radius 3 is 2.49 bits per heavy atom. The highest BCUT2D eigenvalue weighted by Gasteiger charge is 2.23. The summed E-state index contributed by atoms with van der Waals surface area (Å²) in [6.07, 6.45) is 4.25. The molecule has 0 unspecified atom stereocenters.